The number of hydrogen-bond donors (Lipinski definition) is 1. The molecule has 1 aliphatic heterocycles. The van der Waals surface area contributed by atoms with E-state index in [9.17, 15) is 9.59 Å². The van der Waals surface area contributed by atoms with Crippen molar-refractivity contribution < 1.29 is 9.59 Å². The maximum Gasteiger partial charge on any atom is 0.274 e. The molecule has 2 amide bonds. The molecule has 30 heavy (non-hydrogen) atoms. The number of amides is 2. The number of carbonyl (C=O) groups is 2. The Morgan fingerprint density at radius 2 is 2.13 bits per heavy atom. The molecule has 0 radical (unpaired) electrons. The molecule has 3 aromatic rings. The van der Waals surface area contributed by atoms with E-state index in [-0.39, 0.29) is 23.8 Å². The number of carbonyl (C=O) groups excluding carboxylic acids is 2. The number of thiazole rings is 1. The number of piperidine rings is 1. The zero-order valence-corrected chi connectivity index (χ0v) is 18.4. The van der Waals surface area contributed by atoms with Gasteiger partial charge in [-0.05, 0) is 63.8 Å². The SMILES string of the molecule is Cc1nc2ccc(NC(=O)C[C@@H]3CCCN(C(=O)c4ccn(C(C)C)n4)C3)cc2s1. The van der Waals surface area contributed by atoms with Gasteiger partial charge in [-0.1, -0.05) is 0 Å². The highest BCUT2D eigenvalue weighted by Crippen LogP contribution is 2.26. The van der Waals surface area contributed by atoms with E-state index >= 15 is 0 Å². The van der Waals surface area contributed by atoms with Crippen molar-refractivity contribution in [2.45, 2.75) is 46.1 Å². The Kier molecular flexibility index (Phi) is 5.85. The first kappa shape index (κ1) is 20.5. The number of aryl methyl sites for hydroxylation is 1. The van der Waals surface area contributed by atoms with Crippen molar-refractivity contribution in [3.8, 4) is 0 Å². The lowest BCUT2D eigenvalue weighted by molar-refractivity contribution is -0.117. The number of hydrogen-bond acceptors (Lipinski definition) is 5. The van der Waals surface area contributed by atoms with Crippen molar-refractivity contribution in [2.24, 2.45) is 5.92 Å². The maximum absolute atomic E-state index is 12.8. The average molecular weight is 426 g/mol. The number of fused-ring (bicyclic) bond motifs is 1. The van der Waals surface area contributed by atoms with Gasteiger partial charge in [0, 0.05) is 37.4 Å². The fraction of sp³-hybridized carbons (Fsp3) is 0.455. The molecule has 1 atom stereocenters. The Morgan fingerprint density at radius 1 is 1.30 bits per heavy atom. The van der Waals surface area contributed by atoms with Crippen molar-refractivity contribution in [2.75, 3.05) is 18.4 Å². The first-order chi connectivity index (χ1) is 14.4. The molecule has 0 saturated carbocycles. The summed E-state index contributed by atoms with van der Waals surface area (Å²) in [6.45, 7) is 7.35. The largest absolute Gasteiger partial charge is 0.337 e. The van der Waals surface area contributed by atoms with E-state index in [2.05, 4.69) is 15.4 Å². The summed E-state index contributed by atoms with van der Waals surface area (Å²) >= 11 is 1.62. The van der Waals surface area contributed by atoms with E-state index in [1.165, 1.54) is 0 Å². The minimum Gasteiger partial charge on any atom is -0.337 e. The third-order valence-corrected chi connectivity index (χ3v) is 6.35. The first-order valence-corrected chi connectivity index (χ1v) is 11.2. The van der Waals surface area contributed by atoms with Crippen molar-refractivity contribution in [1.82, 2.24) is 19.7 Å². The number of aromatic nitrogens is 3. The van der Waals surface area contributed by atoms with Crippen molar-refractivity contribution in [1.29, 1.82) is 0 Å². The normalized spacial score (nSPS) is 16.9. The minimum absolute atomic E-state index is 0.0148. The zero-order valence-electron chi connectivity index (χ0n) is 17.6. The number of anilines is 1. The molecular formula is C22H27N5O2S. The zero-order chi connectivity index (χ0) is 21.3. The maximum atomic E-state index is 12.8. The summed E-state index contributed by atoms with van der Waals surface area (Å²) < 4.78 is 2.87. The van der Waals surface area contributed by atoms with E-state index in [1.807, 2.05) is 50.1 Å². The van der Waals surface area contributed by atoms with E-state index < -0.39 is 0 Å². The highest BCUT2D eigenvalue weighted by atomic mass is 32.1. The summed E-state index contributed by atoms with van der Waals surface area (Å²) in [6.07, 6.45) is 4.10. The molecule has 1 aromatic carbocycles. The van der Waals surface area contributed by atoms with E-state index in [4.69, 9.17) is 0 Å². The Labute approximate surface area is 180 Å². The Hall–Kier alpha value is -2.74. The molecule has 0 unspecified atom stereocenters. The van der Waals surface area contributed by atoms with Gasteiger partial charge in [0.1, 0.15) is 5.69 Å². The van der Waals surface area contributed by atoms with Crippen LogP contribution in [0.1, 0.15) is 54.6 Å². The van der Waals surface area contributed by atoms with Crippen LogP contribution in [0.4, 0.5) is 5.69 Å². The van der Waals surface area contributed by atoms with Crippen molar-refractivity contribution >= 4 is 39.1 Å². The van der Waals surface area contributed by atoms with Gasteiger partial charge in [-0.15, -0.1) is 11.3 Å². The molecular weight excluding hydrogens is 398 g/mol. The van der Waals surface area contributed by atoms with Gasteiger partial charge >= 0.3 is 0 Å². The fourth-order valence-electron chi connectivity index (χ4n) is 3.91. The smallest absolute Gasteiger partial charge is 0.274 e. The van der Waals surface area contributed by atoms with Gasteiger partial charge in [0.25, 0.3) is 5.91 Å². The first-order valence-electron chi connectivity index (χ1n) is 10.4. The van der Waals surface area contributed by atoms with Crippen LogP contribution in [0.25, 0.3) is 10.2 Å². The molecule has 0 spiro atoms. The highest BCUT2D eigenvalue weighted by Gasteiger charge is 2.27. The number of likely N-dealkylation sites (tertiary alicyclic amines) is 1. The third-order valence-electron chi connectivity index (χ3n) is 5.42. The van der Waals surface area contributed by atoms with E-state index in [1.54, 1.807) is 22.1 Å². The summed E-state index contributed by atoms with van der Waals surface area (Å²) in [5.74, 6) is 0.0914. The van der Waals surface area contributed by atoms with Gasteiger partial charge in [0.2, 0.25) is 5.91 Å². The predicted octanol–water partition coefficient (Wildman–Crippen LogP) is 4.26. The molecule has 8 heteroatoms. The lowest BCUT2D eigenvalue weighted by Crippen LogP contribution is -2.41. The Morgan fingerprint density at radius 3 is 2.90 bits per heavy atom. The lowest BCUT2D eigenvalue weighted by atomic mass is 9.94. The third kappa shape index (κ3) is 4.53. The Balaban J connectivity index is 1.35. The second-order valence-electron chi connectivity index (χ2n) is 8.20. The summed E-state index contributed by atoms with van der Waals surface area (Å²) in [5, 5.41) is 8.41. The van der Waals surface area contributed by atoms with Gasteiger partial charge < -0.3 is 10.2 Å². The van der Waals surface area contributed by atoms with Crippen LogP contribution < -0.4 is 5.32 Å². The van der Waals surface area contributed by atoms with Crippen LogP contribution in [-0.4, -0.2) is 44.6 Å². The monoisotopic (exact) mass is 425 g/mol. The van der Waals surface area contributed by atoms with Crippen LogP contribution in [0.2, 0.25) is 0 Å². The second kappa shape index (κ2) is 8.55. The van der Waals surface area contributed by atoms with Crippen LogP contribution in [-0.2, 0) is 4.79 Å². The predicted molar refractivity (Wildman–Crippen MR) is 119 cm³/mol. The molecule has 4 rings (SSSR count). The molecule has 1 saturated heterocycles. The van der Waals surface area contributed by atoms with Crippen molar-refractivity contribution in [3.05, 3.63) is 41.2 Å². The molecule has 2 aromatic heterocycles. The molecule has 0 aliphatic carbocycles. The average Bonchev–Trinajstić information content (AvgIpc) is 3.33. The van der Waals surface area contributed by atoms with Crippen LogP contribution in [0.5, 0.6) is 0 Å². The van der Waals surface area contributed by atoms with Crippen LogP contribution >= 0.6 is 11.3 Å². The quantitative estimate of drug-likeness (QED) is 0.662. The number of benzene rings is 1. The van der Waals surface area contributed by atoms with Crippen LogP contribution in [0.3, 0.4) is 0 Å². The topological polar surface area (TPSA) is 80.1 Å². The molecule has 158 valence electrons. The fourth-order valence-corrected chi connectivity index (χ4v) is 4.78. The molecule has 0 bridgehead atoms. The van der Waals surface area contributed by atoms with Gasteiger partial charge in [-0.3, -0.25) is 14.3 Å². The second-order valence-corrected chi connectivity index (χ2v) is 9.44. The van der Waals surface area contributed by atoms with Crippen LogP contribution in [0, 0.1) is 12.8 Å². The Bertz CT molecular complexity index is 1070. The number of rotatable bonds is 5. The van der Waals surface area contributed by atoms with Crippen molar-refractivity contribution in [3.63, 3.8) is 0 Å². The number of nitrogens with zero attached hydrogens (tertiary/aromatic N) is 4. The molecule has 3 heterocycles. The minimum atomic E-state index is -0.0504. The van der Waals surface area contributed by atoms with Crippen LogP contribution in [0.15, 0.2) is 30.5 Å². The molecule has 7 nitrogen and oxygen atoms in total. The molecule has 1 aliphatic rings. The van der Waals surface area contributed by atoms with E-state index in [0.29, 0.717) is 25.2 Å². The lowest BCUT2D eigenvalue weighted by Gasteiger charge is -2.32. The summed E-state index contributed by atoms with van der Waals surface area (Å²) in [4.78, 5) is 31.7. The van der Waals surface area contributed by atoms with Gasteiger partial charge in [0.15, 0.2) is 0 Å². The van der Waals surface area contributed by atoms with Gasteiger partial charge in [-0.25, -0.2) is 4.98 Å². The highest BCUT2D eigenvalue weighted by molar-refractivity contribution is 7.18. The molecule has 1 N–H and O–H groups in total. The van der Waals surface area contributed by atoms with Gasteiger partial charge in [-0.2, -0.15) is 5.10 Å². The molecule has 1 fully saturated rings. The summed E-state index contributed by atoms with van der Waals surface area (Å²) in [6, 6.07) is 7.79. The number of nitrogens with one attached hydrogen (secondary N) is 1. The standard InChI is InChI=1S/C22H27N5O2S/c1-14(2)27-10-8-19(25-27)22(29)26-9-4-5-16(13-26)11-21(28)24-17-6-7-18-20(12-17)30-15(3)23-18/h6-8,10,12,14,16H,4-5,9,11,13H2,1-3H3,(H,24,28)/t16-/m0/s1. The van der Waals surface area contributed by atoms with E-state index in [0.717, 1.165) is 33.8 Å². The van der Waals surface area contributed by atoms with Gasteiger partial charge in [0.05, 0.1) is 15.2 Å². The summed E-state index contributed by atoms with van der Waals surface area (Å²) in [7, 11) is 0. The summed E-state index contributed by atoms with van der Waals surface area (Å²) in [5.41, 5.74) is 2.22.